The van der Waals surface area contributed by atoms with Crippen molar-refractivity contribution in [3.63, 3.8) is 0 Å². The Morgan fingerprint density at radius 2 is 2.00 bits per heavy atom. The van der Waals surface area contributed by atoms with Gasteiger partial charge in [0.05, 0.1) is 6.54 Å². The molecule has 1 aromatic carbocycles. The van der Waals surface area contributed by atoms with Gasteiger partial charge in [0.1, 0.15) is 0 Å². The Bertz CT molecular complexity index is 452. The third-order valence-electron chi connectivity index (χ3n) is 3.97. The van der Waals surface area contributed by atoms with E-state index in [1.807, 2.05) is 11.8 Å². The van der Waals surface area contributed by atoms with Gasteiger partial charge in [0.25, 0.3) is 0 Å². The van der Waals surface area contributed by atoms with Crippen LogP contribution >= 0.6 is 11.8 Å². The second kappa shape index (κ2) is 6.64. The average Bonchev–Trinajstić information content (AvgIpc) is 2.88. The molecule has 0 spiro atoms. The van der Waals surface area contributed by atoms with Crippen LogP contribution < -0.4 is 5.32 Å². The molecule has 1 aromatic rings. The van der Waals surface area contributed by atoms with Crippen molar-refractivity contribution in [1.29, 1.82) is 0 Å². The summed E-state index contributed by atoms with van der Waals surface area (Å²) in [5.74, 6) is 0. The summed E-state index contributed by atoms with van der Waals surface area (Å²) in [6.07, 6.45) is 2.45. The molecule has 4 heteroatoms. The first-order chi connectivity index (χ1) is 9.79. The molecule has 1 atom stereocenters. The van der Waals surface area contributed by atoms with Gasteiger partial charge in [-0.2, -0.15) is 0 Å². The van der Waals surface area contributed by atoms with Gasteiger partial charge in [0, 0.05) is 30.9 Å². The lowest BCUT2D eigenvalue weighted by molar-refractivity contribution is 0.199. The SMILES string of the molecule is CC1CN=C(NC2CCN(Cc3ccccc3)CC2)S1. The van der Waals surface area contributed by atoms with Crippen molar-refractivity contribution < 1.29 is 0 Å². The highest BCUT2D eigenvalue weighted by atomic mass is 32.2. The Morgan fingerprint density at radius 1 is 1.25 bits per heavy atom. The van der Waals surface area contributed by atoms with Crippen LogP contribution in [0.4, 0.5) is 0 Å². The van der Waals surface area contributed by atoms with Crippen molar-refractivity contribution in [3.05, 3.63) is 35.9 Å². The van der Waals surface area contributed by atoms with Crippen molar-refractivity contribution in [2.24, 2.45) is 4.99 Å². The first-order valence-corrected chi connectivity index (χ1v) is 8.41. The van der Waals surface area contributed by atoms with Gasteiger partial charge in [0.2, 0.25) is 0 Å². The predicted molar refractivity (Wildman–Crippen MR) is 87.2 cm³/mol. The minimum Gasteiger partial charge on any atom is -0.362 e. The molecule has 1 unspecified atom stereocenters. The van der Waals surface area contributed by atoms with E-state index >= 15 is 0 Å². The smallest absolute Gasteiger partial charge is 0.157 e. The van der Waals surface area contributed by atoms with E-state index in [-0.39, 0.29) is 0 Å². The predicted octanol–water partition coefficient (Wildman–Crippen LogP) is 2.73. The number of aliphatic imine (C=N–C) groups is 1. The summed E-state index contributed by atoms with van der Waals surface area (Å²) in [7, 11) is 0. The molecule has 0 aliphatic carbocycles. The summed E-state index contributed by atoms with van der Waals surface area (Å²) in [6.45, 7) is 6.66. The van der Waals surface area contributed by atoms with Crippen LogP contribution in [0.1, 0.15) is 25.3 Å². The molecule has 0 amide bonds. The molecular weight excluding hydrogens is 266 g/mol. The van der Waals surface area contributed by atoms with E-state index in [0.29, 0.717) is 11.3 Å². The lowest BCUT2D eigenvalue weighted by Crippen LogP contribution is -2.43. The molecule has 0 bridgehead atoms. The summed E-state index contributed by atoms with van der Waals surface area (Å²) in [5, 5.41) is 5.43. The number of nitrogens with one attached hydrogen (secondary N) is 1. The zero-order valence-electron chi connectivity index (χ0n) is 12.1. The molecule has 0 aromatic heterocycles. The van der Waals surface area contributed by atoms with Gasteiger partial charge in [-0.05, 0) is 18.4 Å². The summed E-state index contributed by atoms with van der Waals surface area (Å²) < 4.78 is 0. The van der Waals surface area contributed by atoms with Gasteiger partial charge in [-0.15, -0.1) is 0 Å². The molecule has 20 heavy (non-hydrogen) atoms. The number of amidine groups is 1. The van der Waals surface area contributed by atoms with Crippen LogP contribution in [0.3, 0.4) is 0 Å². The minimum absolute atomic E-state index is 0.610. The van der Waals surface area contributed by atoms with E-state index < -0.39 is 0 Å². The number of benzene rings is 1. The minimum atomic E-state index is 0.610. The van der Waals surface area contributed by atoms with Crippen LogP contribution in [-0.2, 0) is 6.54 Å². The van der Waals surface area contributed by atoms with E-state index in [0.717, 1.165) is 13.1 Å². The fraction of sp³-hybridized carbons (Fsp3) is 0.562. The zero-order valence-corrected chi connectivity index (χ0v) is 12.9. The standard InChI is InChI=1S/C16H23N3S/c1-13-11-17-16(20-13)18-15-7-9-19(10-8-15)12-14-5-3-2-4-6-14/h2-6,13,15H,7-12H2,1H3,(H,17,18). The first kappa shape index (κ1) is 14.0. The Hall–Kier alpha value is -1.00. The van der Waals surface area contributed by atoms with Crippen LogP contribution in [0.5, 0.6) is 0 Å². The molecule has 3 nitrogen and oxygen atoms in total. The Morgan fingerprint density at radius 3 is 2.65 bits per heavy atom. The first-order valence-electron chi connectivity index (χ1n) is 7.53. The Labute approximate surface area is 125 Å². The van der Waals surface area contributed by atoms with Crippen molar-refractivity contribution in [2.45, 2.75) is 37.6 Å². The molecular formula is C16H23N3S. The molecule has 0 radical (unpaired) electrons. The molecule has 2 aliphatic rings. The topological polar surface area (TPSA) is 27.6 Å². The number of thioether (sulfide) groups is 1. The largest absolute Gasteiger partial charge is 0.362 e. The summed E-state index contributed by atoms with van der Waals surface area (Å²) in [4.78, 5) is 7.11. The maximum atomic E-state index is 4.55. The maximum Gasteiger partial charge on any atom is 0.157 e. The van der Waals surface area contributed by atoms with Gasteiger partial charge in [-0.3, -0.25) is 9.89 Å². The molecule has 1 fully saturated rings. The molecule has 0 saturated carbocycles. The van der Waals surface area contributed by atoms with Gasteiger partial charge < -0.3 is 5.32 Å². The normalized spacial score (nSPS) is 24.6. The number of nitrogens with zero attached hydrogens (tertiary/aromatic N) is 2. The summed E-state index contributed by atoms with van der Waals surface area (Å²) in [6, 6.07) is 11.4. The lowest BCUT2D eigenvalue weighted by Gasteiger charge is -2.32. The van der Waals surface area contributed by atoms with E-state index in [4.69, 9.17) is 0 Å². The average molecular weight is 289 g/mol. The highest BCUT2D eigenvalue weighted by Gasteiger charge is 2.22. The molecule has 1 N–H and O–H groups in total. The quantitative estimate of drug-likeness (QED) is 0.927. The maximum absolute atomic E-state index is 4.55. The molecule has 1 saturated heterocycles. The molecule has 2 heterocycles. The third kappa shape index (κ3) is 3.76. The fourth-order valence-electron chi connectivity index (χ4n) is 2.81. The Balaban J connectivity index is 1.43. The highest BCUT2D eigenvalue weighted by Crippen LogP contribution is 2.21. The Kier molecular flexibility index (Phi) is 4.63. The highest BCUT2D eigenvalue weighted by molar-refractivity contribution is 8.14. The van der Waals surface area contributed by atoms with Crippen LogP contribution in [0, 0.1) is 0 Å². The van der Waals surface area contributed by atoms with E-state index in [1.165, 1.54) is 36.7 Å². The van der Waals surface area contributed by atoms with Crippen LogP contribution in [0.25, 0.3) is 0 Å². The zero-order chi connectivity index (χ0) is 13.8. The van der Waals surface area contributed by atoms with Gasteiger partial charge >= 0.3 is 0 Å². The third-order valence-corrected chi connectivity index (χ3v) is 4.99. The summed E-state index contributed by atoms with van der Waals surface area (Å²) >= 11 is 1.89. The van der Waals surface area contributed by atoms with Crippen LogP contribution in [0.2, 0.25) is 0 Å². The van der Waals surface area contributed by atoms with Gasteiger partial charge in [0.15, 0.2) is 5.17 Å². The van der Waals surface area contributed by atoms with Crippen molar-refractivity contribution in [2.75, 3.05) is 19.6 Å². The van der Waals surface area contributed by atoms with E-state index in [2.05, 4.69) is 52.5 Å². The van der Waals surface area contributed by atoms with Gasteiger partial charge in [-0.1, -0.05) is 49.0 Å². The molecule has 2 aliphatic heterocycles. The lowest BCUT2D eigenvalue weighted by atomic mass is 10.0. The molecule has 3 rings (SSSR count). The number of rotatable bonds is 3. The van der Waals surface area contributed by atoms with Crippen molar-refractivity contribution >= 4 is 16.9 Å². The molecule has 108 valence electrons. The second-order valence-electron chi connectivity index (χ2n) is 5.75. The van der Waals surface area contributed by atoms with Gasteiger partial charge in [-0.25, -0.2) is 0 Å². The number of piperidine rings is 1. The van der Waals surface area contributed by atoms with Crippen molar-refractivity contribution in [1.82, 2.24) is 10.2 Å². The fourth-order valence-corrected chi connectivity index (χ4v) is 3.72. The van der Waals surface area contributed by atoms with E-state index in [9.17, 15) is 0 Å². The van der Waals surface area contributed by atoms with E-state index in [1.54, 1.807) is 0 Å². The van der Waals surface area contributed by atoms with Crippen molar-refractivity contribution in [3.8, 4) is 0 Å². The number of likely N-dealkylation sites (tertiary alicyclic amines) is 1. The number of hydrogen-bond donors (Lipinski definition) is 1. The summed E-state index contributed by atoms with van der Waals surface area (Å²) in [5.41, 5.74) is 1.42. The van der Waals surface area contributed by atoms with Crippen LogP contribution in [0.15, 0.2) is 35.3 Å². The second-order valence-corrected chi connectivity index (χ2v) is 7.18. The monoisotopic (exact) mass is 289 g/mol. The number of hydrogen-bond acceptors (Lipinski definition) is 4. The van der Waals surface area contributed by atoms with Crippen LogP contribution in [-0.4, -0.2) is 41.0 Å².